The Balaban J connectivity index is 3.11. The van der Waals surface area contributed by atoms with Crippen LogP contribution in [0.15, 0.2) is 12.3 Å². The minimum Gasteiger partial charge on any atom is -0.362 e. The first-order chi connectivity index (χ1) is 6.15. The van der Waals surface area contributed by atoms with Crippen LogP contribution in [0.4, 0.5) is 5.82 Å². The SMILES string of the molecule is C/C=C/c1ncc(C)c(N(C)C)n1. The van der Waals surface area contributed by atoms with Crippen molar-refractivity contribution >= 4 is 11.9 Å². The van der Waals surface area contributed by atoms with Gasteiger partial charge < -0.3 is 4.90 Å². The van der Waals surface area contributed by atoms with E-state index >= 15 is 0 Å². The molecule has 1 rings (SSSR count). The standard InChI is InChI=1S/C10H15N3/c1-5-6-9-11-7-8(2)10(12-9)13(3)4/h5-7H,1-4H3/b6-5+. The van der Waals surface area contributed by atoms with E-state index in [9.17, 15) is 0 Å². The highest BCUT2D eigenvalue weighted by atomic mass is 15.1. The summed E-state index contributed by atoms with van der Waals surface area (Å²) in [4.78, 5) is 10.6. The van der Waals surface area contributed by atoms with Crippen LogP contribution in [0.1, 0.15) is 18.3 Å². The van der Waals surface area contributed by atoms with E-state index in [4.69, 9.17) is 0 Å². The summed E-state index contributed by atoms with van der Waals surface area (Å²) in [5.74, 6) is 1.74. The molecular weight excluding hydrogens is 162 g/mol. The van der Waals surface area contributed by atoms with Crippen molar-refractivity contribution in [2.75, 3.05) is 19.0 Å². The molecule has 0 radical (unpaired) electrons. The molecular formula is C10H15N3. The van der Waals surface area contributed by atoms with Crippen molar-refractivity contribution < 1.29 is 0 Å². The van der Waals surface area contributed by atoms with Gasteiger partial charge in [-0.2, -0.15) is 0 Å². The number of aromatic nitrogens is 2. The van der Waals surface area contributed by atoms with Gasteiger partial charge in [-0.05, 0) is 19.9 Å². The number of rotatable bonds is 2. The third-order valence-corrected chi connectivity index (χ3v) is 1.70. The van der Waals surface area contributed by atoms with Crippen molar-refractivity contribution in [1.29, 1.82) is 0 Å². The molecule has 0 amide bonds. The largest absolute Gasteiger partial charge is 0.362 e. The van der Waals surface area contributed by atoms with E-state index < -0.39 is 0 Å². The number of allylic oxidation sites excluding steroid dienone is 1. The Labute approximate surface area is 79.1 Å². The Kier molecular flexibility index (Phi) is 3.01. The van der Waals surface area contributed by atoms with Gasteiger partial charge in [-0.15, -0.1) is 0 Å². The molecule has 13 heavy (non-hydrogen) atoms. The number of anilines is 1. The van der Waals surface area contributed by atoms with Crippen molar-refractivity contribution in [3.63, 3.8) is 0 Å². The van der Waals surface area contributed by atoms with Crippen molar-refractivity contribution in [1.82, 2.24) is 9.97 Å². The molecule has 3 heteroatoms. The van der Waals surface area contributed by atoms with Crippen LogP contribution < -0.4 is 4.90 Å². The van der Waals surface area contributed by atoms with Crippen molar-refractivity contribution in [2.24, 2.45) is 0 Å². The molecule has 1 aromatic heterocycles. The summed E-state index contributed by atoms with van der Waals surface area (Å²) >= 11 is 0. The second-order valence-corrected chi connectivity index (χ2v) is 3.13. The first-order valence-corrected chi connectivity index (χ1v) is 4.29. The molecule has 0 saturated carbocycles. The van der Waals surface area contributed by atoms with Gasteiger partial charge in [0.1, 0.15) is 5.82 Å². The van der Waals surface area contributed by atoms with Crippen LogP contribution in [0.25, 0.3) is 6.08 Å². The van der Waals surface area contributed by atoms with E-state index in [-0.39, 0.29) is 0 Å². The molecule has 1 aromatic rings. The fourth-order valence-corrected chi connectivity index (χ4v) is 1.13. The Bertz CT molecular complexity index is 316. The minimum atomic E-state index is 0.761. The van der Waals surface area contributed by atoms with Gasteiger partial charge in [-0.3, -0.25) is 0 Å². The van der Waals surface area contributed by atoms with Crippen LogP contribution >= 0.6 is 0 Å². The maximum atomic E-state index is 4.39. The number of hydrogen-bond donors (Lipinski definition) is 0. The molecule has 0 aliphatic heterocycles. The highest BCUT2D eigenvalue weighted by molar-refractivity contribution is 5.49. The number of hydrogen-bond acceptors (Lipinski definition) is 3. The van der Waals surface area contributed by atoms with Crippen molar-refractivity contribution in [3.8, 4) is 0 Å². The predicted molar refractivity (Wildman–Crippen MR) is 55.8 cm³/mol. The summed E-state index contributed by atoms with van der Waals surface area (Å²) in [6, 6.07) is 0. The van der Waals surface area contributed by atoms with E-state index in [0.717, 1.165) is 17.2 Å². The van der Waals surface area contributed by atoms with E-state index in [1.54, 1.807) is 0 Å². The van der Waals surface area contributed by atoms with Gasteiger partial charge in [0.2, 0.25) is 0 Å². The number of aryl methyl sites for hydroxylation is 1. The average Bonchev–Trinajstić information content (AvgIpc) is 2.08. The molecule has 0 saturated heterocycles. The van der Waals surface area contributed by atoms with Crippen molar-refractivity contribution in [2.45, 2.75) is 13.8 Å². The lowest BCUT2D eigenvalue weighted by Gasteiger charge is -2.13. The van der Waals surface area contributed by atoms with E-state index in [1.165, 1.54) is 0 Å². The molecule has 0 bridgehead atoms. The average molecular weight is 177 g/mol. The summed E-state index contributed by atoms with van der Waals surface area (Å²) in [5, 5.41) is 0. The van der Waals surface area contributed by atoms with Gasteiger partial charge in [-0.1, -0.05) is 6.08 Å². The normalized spacial score (nSPS) is 10.8. The molecule has 0 atom stereocenters. The van der Waals surface area contributed by atoms with Gasteiger partial charge >= 0.3 is 0 Å². The van der Waals surface area contributed by atoms with Crippen LogP contribution in [0, 0.1) is 6.92 Å². The zero-order chi connectivity index (χ0) is 9.84. The Morgan fingerprint density at radius 1 is 1.38 bits per heavy atom. The topological polar surface area (TPSA) is 29.0 Å². The lowest BCUT2D eigenvalue weighted by Crippen LogP contribution is -2.13. The van der Waals surface area contributed by atoms with Crippen LogP contribution in [0.3, 0.4) is 0 Å². The quantitative estimate of drug-likeness (QED) is 0.690. The Morgan fingerprint density at radius 3 is 2.62 bits per heavy atom. The first-order valence-electron chi connectivity index (χ1n) is 4.29. The predicted octanol–water partition coefficient (Wildman–Crippen LogP) is 1.88. The zero-order valence-corrected chi connectivity index (χ0v) is 8.57. The fourth-order valence-electron chi connectivity index (χ4n) is 1.13. The third-order valence-electron chi connectivity index (χ3n) is 1.70. The maximum absolute atomic E-state index is 4.39. The molecule has 3 nitrogen and oxygen atoms in total. The lowest BCUT2D eigenvalue weighted by molar-refractivity contribution is 1.00. The molecule has 0 aliphatic rings. The highest BCUT2D eigenvalue weighted by Crippen LogP contribution is 2.13. The van der Waals surface area contributed by atoms with Crippen LogP contribution in [0.2, 0.25) is 0 Å². The molecule has 0 aliphatic carbocycles. The molecule has 0 aromatic carbocycles. The van der Waals surface area contributed by atoms with E-state index in [2.05, 4.69) is 9.97 Å². The van der Waals surface area contributed by atoms with Crippen molar-refractivity contribution in [3.05, 3.63) is 23.7 Å². The smallest absolute Gasteiger partial charge is 0.153 e. The van der Waals surface area contributed by atoms with Crippen LogP contribution in [-0.2, 0) is 0 Å². The molecule has 0 N–H and O–H groups in total. The summed E-state index contributed by atoms with van der Waals surface area (Å²) in [6.07, 6.45) is 5.67. The second kappa shape index (κ2) is 4.03. The monoisotopic (exact) mass is 177 g/mol. The third kappa shape index (κ3) is 2.28. The highest BCUT2D eigenvalue weighted by Gasteiger charge is 2.02. The van der Waals surface area contributed by atoms with Gasteiger partial charge in [0.05, 0.1) is 0 Å². The lowest BCUT2D eigenvalue weighted by atomic mass is 10.3. The molecule has 1 heterocycles. The number of nitrogens with zero attached hydrogens (tertiary/aromatic N) is 3. The Hall–Kier alpha value is -1.38. The van der Waals surface area contributed by atoms with Gasteiger partial charge in [-0.25, -0.2) is 9.97 Å². The van der Waals surface area contributed by atoms with Gasteiger partial charge in [0, 0.05) is 25.9 Å². The summed E-state index contributed by atoms with van der Waals surface area (Å²) < 4.78 is 0. The summed E-state index contributed by atoms with van der Waals surface area (Å²) in [5.41, 5.74) is 1.10. The van der Waals surface area contributed by atoms with E-state index in [1.807, 2.05) is 51.2 Å². The first kappa shape index (κ1) is 9.71. The van der Waals surface area contributed by atoms with E-state index in [0.29, 0.717) is 0 Å². The zero-order valence-electron chi connectivity index (χ0n) is 8.57. The summed E-state index contributed by atoms with van der Waals surface area (Å²) in [6.45, 7) is 3.97. The van der Waals surface area contributed by atoms with Crippen LogP contribution in [0.5, 0.6) is 0 Å². The summed E-state index contributed by atoms with van der Waals surface area (Å²) in [7, 11) is 3.96. The molecule has 0 fully saturated rings. The van der Waals surface area contributed by atoms with Gasteiger partial charge in [0.25, 0.3) is 0 Å². The maximum Gasteiger partial charge on any atom is 0.153 e. The second-order valence-electron chi connectivity index (χ2n) is 3.13. The Morgan fingerprint density at radius 2 is 2.08 bits per heavy atom. The minimum absolute atomic E-state index is 0.761. The molecule has 0 spiro atoms. The van der Waals surface area contributed by atoms with Crippen LogP contribution in [-0.4, -0.2) is 24.1 Å². The van der Waals surface area contributed by atoms with Gasteiger partial charge in [0.15, 0.2) is 5.82 Å². The fraction of sp³-hybridized carbons (Fsp3) is 0.400. The molecule has 70 valence electrons. The molecule has 0 unspecified atom stereocenters.